The Hall–Kier alpha value is -3.42. The lowest BCUT2D eigenvalue weighted by atomic mass is 10.1. The van der Waals surface area contributed by atoms with Gasteiger partial charge in [0.25, 0.3) is 5.56 Å². The van der Waals surface area contributed by atoms with Gasteiger partial charge in [-0.1, -0.05) is 18.9 Å². The van der Waals surface area contributed by atoms with Crippen molar-refractivity contribution < 1.29 is 13.9 Å². The first-order valence-corrected chi connectivity index (χ1v) is 10.6. The summed E-state index contributed by atoms with van der Waals surface area (Å²) in [6, 6.07) is 6.13. The molecule has 1 aromatic heterocycles. The van der Waals surface area contributed by atoms with Gasteiger partial charge in [0.05, 0.1) is 6.42 Å². The van der Waals surface area contributed by atoms with E-state index in [0.717, 1.165) is 18.6 Å². The van der Waals surface area contributed by atoms with E-state index in [1.165, 1.54) is 25.0 Å². The van der Waals surface area contributed by atoms with Crippen LogP contribution in [0.2, 0.25) is 0 Å². The molecule has 1 aromatic carbocycles. The summed E-state index contributed by atoms with van der Waals surface area (Å²) in [5.74, 6) is 1.42. The summed E-state index contributed by atoms with van der Waals surface area (Å²) in [5, 5.41) is 0. The quantitative estimate of drug-likeness (QED) is 0.817. The van der Waals surface area contributed by atoms with Crippen LogP contribution in [-0.2, 0) is 22.4 Å². The van der Waals surface area contributed by atoms with Crippen molar-refractivity contribution >= 4 is 17.4 Å². The van der Waals surface area contributed by atoms with E-state index in [1.54, 1.807) is 34.4 Å². The van der Waals surface area contributed by atoms with Gasteiger partial charge in [0.1, 0.15) is 29.5 Å². The molecule has 1 fully saturated rings. The Morgan fingerprint density at radius 2 is 2.13 bits per heavy atom. The number of carbonyl (C=O) groups excluding carboxylic acids is 1. The van der Waals surface area contributed by atoms with E-state index < -0.39 is 0 Å². The number of benzene rings is 1. The highest BCUT2D eigenvalue weighted by Crippen LogP contribution is 2.34. The van der Waals surface area contributed by atoms with Gasteiger partial charge in [-0.3, -0.25) is 9.59 Å². The van der Waals surface area contributed by atoms with Gasteiger partial charge in [-0.05, 0) is 31.4 Å². The van der Waals surface area contributed by atoms with Crippen LogP contribution >= 0.6 is 0 Å². The van der Waals surface area contributed by atoms with Crippen molar-refractivity contribution in [2.24, 2.45) is 5.92 Å². The summed E-state index contributed by atoms with van der Waals surface area (Å²) in [4.78, 5) is 35.6. The molecule has 0 atom stereocenters. The highest BCUT2D eigenvalue weighted by Gasteiger charge is 2.28. The Morgan fingerprint density at radius 1 is 1.29 bits per heavy atom. The summed E-state index contributed by atoms with van der Waals surface area (Å²) >= 11 is 0. The number of halogens is 1. The highest BCUT2D eigenvalue weighted by molar-refractivity contribution is 5.96. The topological polar surface area (TPSA) is 78.5 Å². The maximum Gasteiger partial charge on any atom is 0.253 e. The fourth-order valence-electron chi connectivity index (χ4n) is 4.54. The molecular formula is C23H23FN4O3. The molecule has 2 aliphatic heterocycles. The van der Waals surface area contributed by atoms with Crippen molar-refractivity contribution in [3.8, 4) is 0 Å². The van der Waals surface area contributed by atoms with Crippen molar-refractivity contribution in [1.82, 2.24) is 9.97 Å². The molecule has 0 bridgehead atoms. The van der Waals surface area contributed by atoms with E-state index in [-0.39, 0.29) is 29.5 Å². The van der Waals surface area contributed by atoms with Crippen LogP contribution in [0.3, 0.4) is 0 Å². The summed E-state index contributed by atoms with van der Waals surface area (Å²) in [6.07, 6.45) is 10.1. The lowest BCUT2D eigenvalue weighted by Gasteiger charge is -2.23. The Bertz CT molecular complexity index is 1130. The summed E-state index contributed by atoms with van der Waals surface area (Å²) in [7, 11) is 0. The number of anilines is 2. The van der Waals surface area contributed by atoms with Crippen LogP contribution in [0.5, 0.6) is 0 Å². The van der Waals surface area contributed by atoms with Crippen molar-refractivity contribution in [2.45, 2.75) is 38.5 Å². The Balaban J connectivity index is 1.37. The Morgan fingerprint density at radius 3 is 2.97 bits per heavy atom. The molecule has 0 radical (unpaired) electrons. The zero-order valence-electron chi connectivity index (χ0n) is 17.0. The standard InChI is InChI=1S/C23H23FN4O3/c24-17-6-3-7-18-16(17)8-9-28(18)23(30)12-20-25-21(13-22(29)26-20)27-10-11-31-19(14-27)15-4-1-2-5-15/h3,6-7,10-11,13-15H,1-2,4-5,8-9,12H2,(H,25,26,29). The second-order valence-electron chi connectivity index (χ2n) is 8.08. The van der Waals surface area contributed by atoms with Gasteiger partial charge >= 0.3 is 0 Å². The molecule has 0 saturated heterocycles. The van der Waals surface area contributed by atoms with E-state index in [0.29, 0.717) is 36.0 Å². The van der Waals surface area contributed by atoms with E-state index >= 15 is 0 Å². The Kier molecular flexibility index (Phi) is 5.05. The number of ether oxygens (including phenoxy) is 1. The van der Waals surface area contributed by atoms with E-state index in [2.05, 4.69) is 9.97 Å². The normalized spacial score (nSPS) is 18.2. The predicted octanol–water partition coefficient (Wildman–Crippen LogP) is 3.38. The highest BCUT2D eigenvalue weighted by atomic mass is 19.1. The van der Waals surface area contributed by atoms with Gasteiger partial charge in [-0.15, -0.1) is 0 Å². The van der Waals surface area contributed by atoms with Crippen molar-refractivity contribution in [3.63, 3.8) is 0 Å². The number of carbonyl (C=O) groups is 1. The van der Waals surface area contributed by atoms with Crippen molar-refractivity contribution in [1.29, 1.82) is 0 Å². The number of nitrogens with zero attached hydrogens (tertiary/aromatic N) is 3. The molecule has 1 N–H and O–H groups in total. The molecule has 8 heteroatoms. The molecule has 3 aliphatic rings. The number of amides is 1. The first-order chi connectivity index (χ1) is 15.1. The fraction of sp³-hybridized carbons (Fsp3) is 0.348. The summed E-state index contributed by atoms with van der Waals surface area (Å²) in [6.45, 7) is 0.415. The molecule has 1 aliphatic carbocycles. The molecular weight excluding hydrogens is 399 g/mol. The molecule has 5 rings (SSSR count). The maximum absolute atomic E-state index is 14.0. The van der Waals surface area contributed by atoms with Gasteiger partial charge in [-0.25, -0.2) is 9.37 Å². The molecule has 1 amide bonds. The molecule has 0 unspecified atom stereocenters. The molecule has 160 valence electrons. The average molecular weight is 422 g/mol. The van der Waals surface area contributed by atoms with Crippen LogP contribution in [0.1, 0.15) is 37.1 Å². The van der Waals surface area contributed by atoms with Crippen LogP contribution in [0.15, 0.2) is 53.5 Å². The predicted molar refractivity (Wildman–Crippen MR) is 114 cm³/mol. The van der Waals surface area contributed by atoms with Gasteiger partial charge in [0.15, 0.2) is 0 Å². The zero-order chi connectivity index (χ0) is 21.4. The molecule has 2 aromatic rings. The van der Waals surface area contributed by atoms with Gasteiger partial charge < -0.3 is 19.5 Å². The number of aromatic amines is 1. The number of H-pyrrole nitrogens is 1. The molecule has 3 heterocycles. The second-order valence-corrected chi connectivity index (χ2v) is 8.08. The minimum absolute atomic E-state index is 0.0771. The number of hydrogen-bond donors (Lipinski definition) is 1. The van der Waals surface area contributed by atoms with Crippen LogP contribution in [0.25, 0.3) is 0 Å². The van der Waals surface area contributed by atoms with Crippen molar-refractivity contribution in [2.75, 3.05) is 16.3 Å². The minimum atomic E-state index is -0.337. The van der Waals surface area contributed by atoms with Crippen LogP contribution in [0.4, 0.5) is 15.9 Å². The first kappa shape index (κ1) is 19.5. The lowest BCUT2D eigenvalue weighted by Crippen LogP contribution is -2.31. The number of rotatable bonds is 4. The van der Waals surface area contributed by atoms with E-state index in [9.17, 15) is 14.0 Å². The summed E-state index contributed by atoms with van der Waals surface area (Å²) in [5.41, 5.74) is 0.800. The fourth-order valence-corrected chi connectivity index (χ4v) is 4.54. The maximum atomic E-state index is 14.0. The average Bonchev–Trinajstić information content (AvgIpc) is 3.44. The van der Waals surface area contributed by atoms with Crippen LogP contribution in [0, 0.1) is 11.7 Å². The third-order valence-corrected chi connectivity index (χ3v) is 6.08. The van der Waals surface area contributed by atoms with Gasteiger partial charge in [0, 0.05) is 42.2 Å². The number of fused-ring (bicyclic) bond motifs is 1. The number of hydrogen-bond acceptors (Lipinski definition) is 5. The molecule has 7 nitrogen and oxygen atoms in total. The largest absolute Gasteiger partial charge is 0.466 e. The SMILES string of the molecule is O=C(Cc1nc(N2C=COC(C3CCCC3)=C2)cc(=O)[nH]1)N1CCc2c(F)cccc21. The van der Waals surface area contributed by atoms with Gasteiger partial charge in [0.2, 0.25) is 5.91 Å². The number of nitrogens with one attached hydrogen (secondary N) is 1. The third kappa shape index (κ3) is 3.85. The second kappa shape index (κ2) is 8.02. The molecule has 1 saturated carbocycles. The third-order valence-electron chi connectivity index (χ3n) is 6.08. The van der Waals surface area contributed by atoms with Crippen LogP contribution in [-0.4, -0.2) is 22.4 Å². The summed E-state index contributed by atoms with van der Waals surface area (Å²) < 4.78 is 19.7. The van der Waals surface area contributed by atoms with E-state index in [1.807, 2.05) is 6.20 Å². The smallest absolute Gasteiger partial charge is 0.253 e. The monoisotopic (exact) mass is 422 g/mol. The number of allylic oxidation sites excluding steroid dienone is 1. The van der Waals surface area contributed by atoms with Crippen molar-refractivity contribution in [3.05, 3.63) is 76.2 Å². The van der Waals surface area contributed by atoms with Gasteiger partial charge in [-0.2, -0.15) is 0 Å². The molecule has 0 spiro atoms. The van der Waals surface area contributed by atoms with Crippen LogP contribution < -0.4 is 15.4 Å². The Labute approximate surface area is 178 Å². The lowest BCUT2D eigenvalue weighted by molar-refractivity contribution is -0.118. The minimum Gasteiger partial charge on any atom is -0.466 e. The molecule has 31 heavy (non-hydrogen) atoms. The van der Waals surface area contributed by atoms with E-state index in [4.69, 9.17) is 4.74 Å². The number of aromatic nitrogens is 2. The first-order valence-electron chi connectivity index (χ1n) is 10.6. The zero-order valence-corrected chi connectivity index (χ0v) is 17.0.